The first-order valence-electron chi connectivity index (χ1n) is 6.77. The fourth-order valence-corrected chi connectivity index (χ4v) is 2.50. The molecule has 2 atom stereocenters. The summed E-state index contributed by atoms with van der Waals surface area (Å²) in [5, 5.41) is 15.2. The third-order valence-electron chi connectivity index (χ3n) is 3.59. The first-order valence-corrected chi connectivity index (χ1v) is 6.77. The zero-order chi connectivity index (χ0) is 15.5. The first kappa shape index (κ1) is 14.1. The zero-order valence-electron chi connectivity index (χ0n) is 11.9. The van der Waals surface area contributed by atoms with Gasteiger partial charge in [0.05, 0.1) is 12.0 Å². The number of methoxy groups -OCH3 is 1. The van der Waals surface area contributed by atoms with Gasteiger partial charge in [-0.3, -0.25) is 10.1 Å². The van der Waals surface area contributed by atoms with E-state index in [-0.39, 0.29) is 0 Å². The molecule has 1 aliphatic rings. The highest BCUT2D eigenvalue weighted by atomic mass is 16.7. The minimum atomic E-state index is -1.22. The largest absolute Gasteiger partial charge is 0.497 e. The number of nitrogens with zero attached hydrogens (tertiary/aromatic N) is 2. The molecule has 0 bridgehead atoms. The molecule has 0 amide bonds. The van der Waals surface area contributed by atoms with Crippen LogP contribution in [0.15, 0.2) is 59.8 Å². The molecule has 0 N–H and O–H groups in total. The lowest BCUT2D eigenvalue weighted by atomic mass is 9.89. The van der Waals surface area contributed by atoms with Crippen molar-refractivity contribution in [2.45, 2.75) is 12.1 Å². The summed E-state index contributed by atoms with van der Waals surface area (Å²) in [7, 11) is 1.57. The van der Waals surface area contributed by atoms with Crippen LogP contribution in [0.5, 0.6) is 5.75 Å². The van der Waals surface area contributed by atoms with E-state index in [1.54, 1.807) is 31.4 Å². The molecule has 0 radical (unpaired) electrons. The van der Waals surface area contributed by atoms with E-state index in [1.807, 2.05) is 30.3 Å². The van der Waals surface area contributed by atoms with Crippen LogP contribution in [0.3, 0.4) is 0 Å². The Kier molecular flexibility index (Phi) is 3.74. The van der Waals surface area contributed by atoms with E-state index >= 15 is 0 Å². The Hall–Kier alpha value is -2.89. The second kappa shape index (κ2) is 5.85. The highest BCUT2D eigenvalue weighted by Crippen LogP contribution is 2.33. The molecule has 1 heterocycles. The van der Waals surface area contributed by atoms with Gasteiger partial charge in [0.15, 0.2) is 0 Å². The van der Waals surface area contributed by atoms with Crippen molar-refractivity contribution >= 4 is 5.71 Å². The molecule has 0 unspecified atom stereocenters. The highest BCUT2D eigenvalue weighted by molar-refractivity contribution is 6.05. The van der Waals surface area contributed by atoms with E-state index in [4.69, 9.17) is 9.57 Å². The lowest BCUT2D eigenvalue weighted by Crippen LogP contribution is -2.29. The van der Waals surface area contributed by atoms with E-state index in [9.17, 15) is 10.1 Å². The topological polar surface area (TPSA) is 74.0 Å². The van der Waals surface area contributed by atoms with Gasteiger partial charge in [-0.2, -0.15) is 0 Å². The highest BCUT2D eigenvalue weighted by Gasteiger charge is 2.44. The molecule has 2 aromatic carbocycles. The summed E-state index contributed by atoms with van der Waals surface area (Å²) in [6.45, 7) is 0. The summed E-state index contributed by atoms with van der Waals surface area (Å²) in [5.74, 6) is 0.141. The number of oxime groups is 1. The van der Waals surface area contributed by atoms with Gasteiger partial charge in [0.1, 0.15) is 17.4 Å². The predicted octanol–water partition coefficient (Wildman–Crippen LogP) is 2.82. The molecule has 0 spiro atoms. The van der Waals surface area contributed by atoms with E-state index in [0.29, 0.717) is 11.5 Å². The van der Waals surface area contributed by atoms with Crippen molar-refractivity contribution in [1.82, 2.24) is 0 Å². The third kappa shape index (κ3) is 2.50. The smallest absolute Gasteiger partial charge is 0.387 e. The SMILES string of the molecule is COc1ccc([C@H]2C(c3ccccc3)=NO[C@@H]2[N+](=O)[O-])cc1. The lowest BCUT2D eigenvalue weighted by Gasteiger charge is -2.14. The summed E-state index contributed by atoms with van der Waals surface area (Å²) < 4.78 is 5.12. The van der Waals surface area contributed by atoms with Crippen molar-refractivity contribution in [3.05, 3.63) is 75.8 Å². The van der Waals surface area contributed by atoms with Crippen LogP contribution in [0.1, 0.15) is 17.0 Å². The van der Waals surface area contributed by atoms with Crippen LogP contribution < -0.4 is 4.74 Å². The standard InChI is InChI=1S/C16H14N2O4/c1-21-13-9-7-11(8-10-13)14-15(12-5-3-2-4-6-12)17-22-16(14)18(19)20/h2-10,14,16H,1H3/t14-,16-/m0/s1. The lowest BCUT2D eigenvalue weighted by molar-refractivity contribution is -0.574. The summed E-state index contributed by atoms with van der Waals surface area (Å²) in [6, 6.07) is 16.5. The minimum absolute atomic E-state index is 0.450. The Morgan fingerprint density at radius 3 is 2.41 bits per heavy atom. The van der Waals surface area contributed by atoms with Crippen LogP contribution in [0.2, 0.25) is 0 Å². The first-order chi connectivity index (χ1) is 10.7. The number of nitro groups is 1. The van der Waals surface area contributed by atoms with Gasteiger partial charge >= 0.3 is 6.23 Å². The van der Waals surface area contributed by atoms with Crippen molar-refractivity contribution in [2.75, 3.05) is 7.11 Å². The van der Waals surface area contributed by atoms with Gasteiger partial charge < -0.3 is 9.57 Å². The van der Waals surface area contributed by atoms with Gasteiger partial charge in [-0.1, -0.05) is 47.6 Å². The van der Waals surface area contributed by atoms with Gasteiger partial charge in [0.25, 0.3) is 0 Å². The van der Waals surface area contributed by atoms with Crippen LogP contribution in [-0.4, -0.2) is 24.0 Å². The molecule has 2 aromatic rings. The second-order valence-electron chi connectivity index (χ2n) is 4.87. The van der Waals surface area contributed by atoms with Crippen molar-refractivity contribution < 1.29 is 14.5 Å². The molecular weight excluding hydrogens is 284 g/mol. The van der Waals surface area contributed by atoms with Gasteiger partial charge in [-0.05, 0) is 17.7 Å². The molecular formula is C16H14N2O4. The van der Waals surface area contributed by atoms with Crippen molar-refractivity contribution in [3.8, 4) is 5.75 Å². The monoisotopic (exact) mass is 298 g/mol. The Morgan fingerprint density at radius 2 is 1.82 bits per heavy atom. The molecule has 6 nitrogen and oxygen atoms in total. The number of hydrogen-bond donors (Lipinski definition) is 0. The van der Waals surface area contributed by atoms with Crippen LogP contribution in [0.4, 0.5) is 0 Å². The van der Waals surface area contributed by atoms with E-state index in [1.165, 1.54) is 0 Å². The molecule has 6 heteroatoms. The van der Waals surface area contributed by atoms with Gasteiger partial charge in [0, 0.05) is 5.56 Å². The van der Waals surface area contributed by atoms with Crippen molar-refractivity contribution in [1.29, 1.82) is 0 Å². The zero-order valence-corrected chi connectivity index (χ0v) is 11.9. The maximum Gasteiger partial charge on any atom is 0.387 e. The molecule has 3 rings (SSSR count). The summed E-state index contributed by atoms with van der Waals surface area (Å²) in [6.07, 6.45) is -1.22. The summed E-state index contributed by atoms with van der Waals surface area (Å²) in [5.41, 5.74) is 2.14. The molecule has 1 aliphatic heterocycles. The molecule has 0 saturated heterocycles. The fraction of sp³-hybridized carbons (Fsp3) is 0.188. The number of rotatable bonds is 4. The Bertz CT molecular complexity index is 698. The molecule has 22 heavy (non-hydrogen) atoms. The summed E-state index contributed by atoms with van der Waals surface area (Å²) >= 11 is 0. The number of benzene rings is 2. The average Bonchev–Trinajstić information content (AvgIpc) is 3.01. The van der Waals surface area contributed by atoms with Crippen LogP contribution in [-0.2, 0) is 4.84 Å². The average molecular weight is 298 g/mol. The molecule has 0 aromatic heterocycles. The van der Waals surface area contributed by atoms with E-state index in [2.05, 4.69) is 5.16 Å². The molecule has 0 aliphatic carbocycles. The van der Waals surface area contributed by atoms with Gasteiger partial charge in [-0.15, -0.1) is 0 Å². The predicted molar refractivity (Wildman–Crippen MR) is 80.6 cm³/mol. The molecule has 0 saturated carbocycles. The molecule has 112 valence electrons. The Balaban J connectivity index is 2.01. The Labute approximate surface area is 127 Å². The molecule has 0 fully saturated rings. The van der Waals surface area contributed by atoms with Gasteiger partial charge in [-0.25, -0.2) is 0 Å². The summed E-state index contributed by atoms with van der Waals surface area (Å²) in [4.78, 5) is 15.9. The van der Waals surface area contributed by atoms with Crippen LogP contribution in [0, 0.1) is 10.1 Å². The van der Waals surface area contributed by atoms with Crippen molar-refractivity contribution in [3.63, 3.8) is 0 Å². The van der Waals surface area contributed by atoms with E-state index < -0.39 is 17.1 Å². The number of ether oxygens (including phenoxy) is 1. The maximum atomic E-state index is 11.3. The van der Waals surface area contributed by atoms with Crippen molar-refractivity contribution in [2.24, 2.45) is 5.16 Å². The third-order valence-corrected chi connectivity index (χ3v) is 3.59. The maximum absolute atomic E-state index is 11.3. The second-order valence-corrected chi connectivity index (χ2v) is 4.87. The van der Waals surface area contributed by atoms with Crippen LogP contribution >= 0.6 is 0 Å². The quantitative estimate of drug-likeness (QED) is 0.642. The number of hydrogen-bond acceptors (Lipinski definition) is 5. The van der Waals surface area contributed by atoms with Crippen LogP contribution in [0.25, 0.3) is 0 Å². The fourth-order valence-electron chi connectivity index (χ4n) is 2.50. The Morgan fingerprint density at radius 1 is 1.14 bits per heavy atom. The van der Waals surface area contributed by atoms with E-state index in [0.717, 1.165) is 11.1 Å². The van der Waals surface area contributed by atoms with Gasteiger partial charge in [0.2, 0.25) is 0 Å². The minimum Gasteiger partial charge on any atom is -0.497 e. The normalized spacial score (nSPS) is 20.1.